The monoisotopic (exact) mass is 733 g/mol. The molecule has 1 aliphatic heterocycles. The van der Waals surface area contributed by atoms with Gasteiger partial charge in [-0.3, -0.25) is 14.4 Å². The molecule has 3 aromatic rings. The zero-order valence-corrected chi connectivity index (χ0v) is 29.2. The van der Waals surface area contributed by atoms with E-state index in [0.717, 1.165) is 42.2 Å². The predicted octanol–water partition coefficient (Wildman–Crippen LogP) is 9.10. The van der Waals surface area contributed by atoms with Crippen molar-refractivity contribution in [3.63, 3.8) is 0 Å². The standard InChI is InChI=1S/C37H37Br2NO5/c1-36(2)16-27-33(29(41)18-36)32(34-28(40(27)13-12-31(43)44)17-37(3,4)19-30(34)42)23-14-25(38)35(26(39)15-23)45-20-22-10-7-9-21-8-5-6-11-24(21)22/h5-11,14-15,32H,12-13,16-20H2,1-4H3,(H,43,44). The van der Waals surface area contributed by atoms with Crippen LogP contribution in [-0.2, 0) is 21.0 Å². The summed E-state index contributed by atoms with van der Waals surface area (Å²) in [5.74, 6) is -0.779. The smallest absolute Gasteiger partial charge is 0.305 e. The van der Waals surface area contributed by atoms with Crippen molar-refractivity contribution in [2.75, 3.05) is 6.54 Å². The van der Waals surface area contributed by atoms with E-state index in [2.05, 4.69) is 83.8 Å². The molecule has 1 N–H and O–H groups in total. The maximum Gasteiger partial charge on any atom is 0.305 e. The SMILES string of the molecule is CC1(C)CC(=O)C2=C(C1)N(CCC(=O)O)C1=C(C(=O)CC(C)(C)C1)C2c1cc(Br)c(OCc2cccc3ccccc23)c(Br)c1. The van der Waals surface area contributed by atoms with E-state index in [4.69, 9.17) is 4.74 Å². The number of hydrogen-bond acceptors (Lipinski definition) is 5. The van der Waals surface area contributed by atoms with Crippen LogP contribution in [0.4, 0.5) is 0 Å². The third-order valence-corrected chi connectivity index (χ3v) is 10.4. The average molecular weight is 736 g/mol. The molecule has 0 radical (unpaired) electrons. The highest BCUT2D eigenvalue weighted by Gasteiger charge is 2.49. The zero-order valence-electron chi connectivity index (χ0n) is 26.0. The molecule has 0 saturated heterocycles. The number of aliphatic carboxylic acids is 1. The number of ether oxygens (including phenoxy) is 1. The zero-order chi connectivity index (χ0) is 32.3. The summed E-state index contributed by atoms with van der Waals surface area (Å²) >= 11 is 7.50. The number of Topliss-reactive ketones (excluding diaryl/α,β-unsaturated/α-hetero) is 2. The van der Waals surface area contributed by atoms with Crippen molar-refractivity contribution < 1.29 is 24.2 Å². The number of carboxylic acid groups (broad SMARTS) is 1. The highest BCUT2D eigenvalue weighted by atomic mass is 79.9. The van der Waals surface area contributed by atoms with Crippen molar-refractivity contribution in [3.8, 4) is 5.75 Å². The first-order valence-electron chi connectivity index (χ1n) is 15.3. The summed E-state index contributed by atoms with van der Waals surface area (Å²) in [6.07, 6.45) is 1.91. The van der Waals surface area contributed by atoms with Gasteiger partial charge in [-0.1, -0.05) is 70.2 Å². The van der Waals surface area contributed by atoms with Crippen LogP contribution in [0.5, 0.6) is 5.75 Å². The molecule has 0 spiro atoms. The predicted molar refractivity (Wildman–Crippen MR) is 182 cm³/mol. The lowest BCUT2D eigenvalue weighted by atomic mass is 9.63. The van der Waals surface area contributed by atoms with Gasteiger partial charge in [-0.05, 0) is 89.6 Å². The van der Waals surface area contributed by atoms with Crippen LogP contribution in [0.2, 0.25) is 0 Å². The first-order chi connectivity index (χ1) is 21.2. The summed E-state index contributed by atoms with van der Waals surface area (Å²) in [7, 11) is 0. The van der Waals surface area contributed by atoms with Gasteiger partial charge in [0.15, 0.2) is 11.6 Å². The molecule has 1 heterocycles. The van der Waals surface area contributed by atoms with Crippen LogP contribution in [0.25, 0.3) is 10.8 Å². The van der Waals surface area contributed by atoms with E-state index in [1.54, 1.807) is 0 Å². The number of rotatable bonds is 7. The van der Waals surface area contributed by atoms with E-state index in [9.17, 15) is 19.5 Å². The molecule has 0 atom stereocenters. The van der Waals surface area contributed by atoms with Gasteiger partial charge in [0, 0.05) is 47.8 Å². The van der Waals surface area contributed by atoms with Gasteiger partial charge in [-0.2, -0.15) is 0 Å². The Morgan fingerprint density at radius 2 is 1.42 bits per heavy atom. The molecule has 3 aromatic carbocycles. The van der Waals surface area contributed by atoms with E-state index < -0.39 is 11.9 Å². The second-order valence-electron chi connectivity index (χ2n) is 14.1. The maximum absolute atomic E-state index is 14.0. The largest absolute Gasteiger partial charge is 0.487 e. The molecule has 8 heteroatoms. The Hall–Kier alpha value is -3.23. The van der Waals surface area contributed by atoms with Crippen LogP contribution in [0.3, 0.4) is 0 Å². The van der Waals surface area contributed by atoms with Crippen LogP contribution >= 0.6 is 31.9 Å². The second kappa shape index (κ2) is 11.8. The number of hydrogen-bond donors (Lipinski definition) is 1. The third kappa shape index (κ3) is 6.16. The Balaban J connectivity index is 1.45. The van der Waals surface area contributed by atoms with E-state index in [1.807, 2.05) is 35.2 Å². The van der Waals surface area contributed by atoms with E-state index in [-0.39, 0.29) is 35.4 Å². The van der Waals surface area contributed by atoms with Crippen LogP contribution in [0.15, 0.2) is 86.1 Å². The van der Waals surface area contributed by atoms with Crippen molar-refractivity contribution in [3.05, 3.63) is 97.2 Å². The first kappa shape index (κ1) is 31.7. The van der Waals surface area contributed by atoms with Gasteiger partial charge in [-0.15, -0.1) is 0 Å². The minimum absolute atomic E-state index is 0.0132. The first-order valence-corrected chi connectivity index (χ1v) is 16.9. The normalized spacial score (nSPS) is 19.6. The van der Waals surface area contributed by atoms with Gasteiger partial charge in [0.1, 0.15) is 12.4 Å². The second-order valence-corrected chi connectivity index (χ2v) is 15.8. The van der Waals surface area contributed by atoms with Crippen molar-refractivity contribution >= 4 is 60.2 Å². The van der Waals surface area contributed by atoms with Crippen molar-refractivity contribution in [1.29, 1.82) is 0 Å². The van der Waals surface area contributed by atoms with Crippen LogP contribution in [-0.4, -0.2) is 34.1 Å². The third-order valence-electron chi connectivity index (χ3n) is 9.18. The summed E-state index contributed by atoms with van der Waals surface area (Å²) in [6.45, 7) is 8.90. The topological polar surface area (TPSA) is 83.9 Å². The van der Waals surface area contributed by atoms with Crippen LogP contribution < -0.4 is 4.74 Å². The van der Waals surface area contributed by atoms with Gasteiger partial charge in [0.2, 0.25) is 0 Å². The molecular formula is C37H37Br2NO5. The number of carbonyl (C=O) groups excluding carboxylic acids is 2. The van der Waals surface area contributed by atoms with Gasteiger partial charge in [0.25, 0.3) is 0 Å². The summed E-state index contributed by atoms with van der Waals surface area (Å²) in [5, 5.41) is 11.9. The van der Waals surface area contributed by atoms with Gasteiger partial charge >= 0.3 is 5.97 Å². The van der Waals surface area contributed by atoms with Gasteiger partial charge in [0.05, 0.1) is 15.4 Å². The van der Waals surface area contributed by atoms with Gasteiger partial charge in [-0.25, -0.2) is 0 Å². The molecule has 3 aliphatic rings. The Kier molecular flexibility index (Phi) is 8.36. The summed E-state index contributed by atoms with van der Waals surface area (Å²) in [6, 6.07) is 18.3. The lowest BCUT2D eigenvalue weighted by Crippen LogP contribution is -2.45. The number of fused-ring (bicyclic) bond motifs is 1. The number of benzene rings is 3. The van der Waals surface area contributed by atoms with E-state index in [1.165, 1.54) is 0 Å². The fraction of sp³-hybridized carbons (Fsp3) is 0.378. The molecule has 0 unspecified atom stereocenters. The molecule has 45 heavy (non-hydrogen) atoms. The van der Waals surface area contributed by atoms with E-state index in [0.29, 0.717) is 49.2 Å². The van der Waals surface area contributed by atoms with Crippen molar-refractivity contribution in [2.24, 2.45) is 10.8 Å². The van der Waals surface area contributed by atoms with Crippen LogP contribution in [0.1, 0.15) is 76.8 Å². The fourth-order valence-corrected chi connectivity index (χ4v) is 8.76. The summed E-state index contributed by atoms with van der Waals surface area (Å²) in [4.78, 5) is 41.8. The molecule has 0 amide bonds. The number of nitrogens with zero attached hydrogens (tertiary/aromatic N) is 1. The number of ketones is 2. The molecule has 234 valence electrons. The van der Waals surface area contributed by atoms with Crippen LogP contribution in [0, 0.1) is 10.8 Å². The number of allylic oxidation sites excluding steroid dienone is 4. The number of carboxylic acids is 1. The molecule has 6 nitrogen and oxygen atoms in total. The van der Waals surface area contributed by atoms with Crippen molar-refractivity contribution in [2.45, 2.75) is 72.3 Å². The van der Waals surface area contributed by atoms with Crippen molar-refractivity contribution in [1.82, 2.24) is 4.90 Å². The van der Waals surface area contributed by atoms with Gasteiger partial charge < -0.3 is 14.7 Å². The number of carbonyl (C=O) groups is 3. The minimum atomic E-state index is -0.906. The summed E-state index contributed by atoms with van der Waals surface area (Å²) in [5.41, 5.74) is 4.28. The number of halogens is 2. The lowest BCUT2D eigenvalue weighted by Gasteiger charge is -2.49. The lowest BCUT2D eigenvalue weighted by molar-refractivity contribution is -0.137. The van der Waals surface area contributed by atoms with E-state index >= 15 is 0 Å². The fourth-order valence-electron chi connectivity index (χ4n) is 7.31. The quantitative estimate of drug-likeness (QED) is 0.261. The Bertz CT molecular complexity index is 1740. The molecule has 0 bridgehead atoms. The highest BCUT2D eigenvalue weighted by Crippen LogP contribution is 2.55. The molecule has 2 aliphatic carbocycles. The molecule has 0 saturated carbocycles. The molecule has 0 fully saturated rings. The Morgan fingerprint density at radius 1 is 0.867 bits per heavy atom. The Labute approximate surface area is 280 Å². The molecular weight excluding hydrogens is 698 g/mol. The maximum atomic E-state index is 14.0. The Morgan fingerprint density at radius 3 is 2.00 bits per heavy atom. The average Bonchev–Trinajstić information content (AvgIpc) is 2.94. The summed E-state index contributed by atoms with van der Waals surface area (Å²) < 4.78 is 7.81. The highest BCUT2D eigenvalue weighted by molar-refractivity contribution is 9.11. The molecule has 6 rings (SSSR count). The molecule has 0 aromatic heterocycles. The minimum Gasteiger partial charge on any atom is -0.487 e.